The van der Waals surface area contributed by atoms with Crippen molar-refractivity contribution in [2.24, 2.45) is 0 Å². The molecule has 51 valence electrons. The number of hydrogen-bond donors (Lipinski definition) is 0. The number of carbonyl (C=O) groups excluding carboxylic acids is 1. The molecule has 0 saturated heterocycles. The first-order valence-corrected chi connectivity index (χ1v) is 2.99. The van der Waals surface area contributed by atoms with Crippen LogP contribution in [0.25, 0.3) is 0 Å². The van der Waals surface area contributed by atoms with Gasteiger partial charge >= 0.3 is 0 Å². The highest BCUT2D eigenvalue weighted by molar-refractivity contribution is 5.77. The Labute approximate surface area is 56.2 Å². The van der Waals surface area contributed by atoms with Crippen molar-refractivity contribution in [3.05, 3.63) is 12.7 Å². The van der Waals surface area contributed by atoms with E-state index in [9.17, 15) is 4.79 Å². The Balaban J connectivity index is 3.58. The highest BCUT2D eigenvalue weighted by atomic mass is 16.2. The zero-order valence-corrected chi connectivity index (χ0v) is 5.92. The van der Waals surface area contributed by atoms with Crippen molar-refractivity contribution in [3.8, 4) is 0 Å². The molecule has 0 aromatic rings. The van der Waals surface area contributed by atoms with E-state index >= 15 is 0 Å². The van der Waals surface area contributed by atoms with Crippen LogP contribution in [0.4, 0.5) is 0 Å². The predicted molar refractivity (Wildman–Crippen MR) is 36.8 cm³/mol. The van der Waals surface area contributed by atoms with Crippen LogP contribution in [-0.2, 0) is 4.79 Å². The molecule has 2 heteroatoms. The van der Waals surface area contributed by atoms with Gasteiger partial charge in [-0.2, -0.15) is 0 Å². The lowest BCUT2D eigenvalue weighted by Crippen LogP contribution is -2.25. The minimum absolute atomic E-state index is 0.0694. The van der Waals surface area contributed by atoms with Gasteiger partial charge in [0.05, 0.1) is 0 Å². The number of carbonyl (C=O) groups is 1. The van der Waals surface area contributed by atoms with E-state index in [-0.39, 0.29) is 5.91 Å². The molecule has 1 radical (unpaired) electrons. The fourth-order valence-corrected chi connectivity index (χ4v) is 0.433. The fourth-order valence-electron chi connectivity index (χ4n) is 0.433. The van der Waals surface area contributed by atoms with Crippen molar-refractivity contribution < 1.29 is 4.79 Å². The molecule has 0 aliphatic carbocycles. The second-order valence-corrected chi connectivity index (χ2v) is 1.85. The highest BCUT2D eigenvalue weighted by Crippen LogP contribution is 1.88. The third kappa shape index (κ3) is 2.90. The molecule has 2 nitrogen and oxygen atoms in total. The Hall–Kier alpha value is -0.790. The Kier molecular flexibility index (Phi) is 3.76. The van der Waals surface area contributed by atoms with Gasteiger partial charge in [-0.1, -0.05) is 12.7 Å². The second-order valence-electron chi connectivity index (χ2n) is 1.85. The average molecular weight is 126 g/mol. The summed E-state index contributed by atoms with van der Waals surface area (Å²) in [4.78, 5) is 12.4. The van der Waals surface area contributed by atoms with Gasteiger partial charge in [-0.3, -0.25) is 4.79 Å². The lowest BCUT2D eigenvalue weighted by atomic mass is 10.4. The monoisotopic (exact) mass is 126 g/mol. The minimum atomic E-state index is 0.0694. The van der Waals surface area contributed by atoms with E-state index < -0.39 is 0 Å². The van der Waals surface area contributed by atoms with E-state index in [1.807, 2.05) is 6.92 Å². The van der Waals surface area contributed by atoms with Crippen molar-refractivity contribution >= 4 is 5.91 Å². The van der Waals surface area contributed by atoms with Crippen LogP contribution in [0, 0.1) is 6.58 Å². The van der Waals surface area contributed by atoms with Gasteiger partial charge in [0.1, 0.15) is 0 Å². The summed E-state index contributed by atoms with van der Waals surface area (Å²) in [5.41, 5.74) is 0. The van der Waals surface area contributed by atoms with Crippen molar-refractivity contribution in [3.63, 3.8) is 0 Å². The number of hydrogen-bond acceptors (Lipinski definition) is 1. The smallest absolute Gasteiger partial charge is 0.226 e. The van der Waals surface area contributed by atoms with Crippen molar-refractivity contribution in [2.75, 3.05) is 13.6 Å². The average Bonchev–Trinajstić information content (AvgIpc) is 1.87. The molecule has 0 saturated carbocycles. The maximum atomic E-state index is 10.8. The van der Waals surface area contributed by atoms with Crippen molar-refractivity contribution in [2.45, 2.75) is 13.3 Å². The Morgan fingerprint density at radius 1 is 1.78 bits per heavy atom. The first-order chi connectivity index (χ1) is 4.22. The Morgan fingerprint density at radius 2 is 2.33 bits per heavy atom. The van der Waals surface area contributed by atoms with Gasteiger partial charge in [-0.05, 0) is 6.92 Å². The van der Waals surface area contributed by atoms with Gasteiger partial charge in [0.2, 0.25) is 5.91 Å². The van der Waals surface area contributed by atoms with Crippen LogP contribution in [0.1, 0.15) is 13.3 Å². The largest absolute Gasteiger partial charge is 0.346 e. The van der Waals surface area contributed by atoms with Crippen LogP contribution in [0.15, 0.2) is 6.08 Å². The molecule has 0 aliphatic rings. The molecule has 0 rings (SSSR count). The van der Waals surface area contributed by atoms with Crippen LogP contribution in [0.2, 0.25) is 0 Å². The summed E-state index contributed by atoms with van der Waals surface area (Å²) in [7, 11) is 1.76. The van der Waals surface area contributed by atoms with Gasteiger partial charge in [-0.25, -0.2) is 0 Å². The van der Waals surface area contributed by atoms with E-state index in [4.69, 9.17) is 6.58 Å². The van der Waals surface area contributed by atoms with Crippen molar-refractivity contribution in [1.82, 2.24) is 4.90 Å². The third-order valence-corrected chi connectivity index (χ3v) is 1.19. The van der Waals surface area contributed by atoms with Crippen LogP contribution in [-0.4, -0.2) is 24.4 Å². The van der Waals surface area contributed by atoms with Gasteiger partial charge < -0.3 is 4.90 Å². The van der Waals surface area contributed by atoms with Crippen LogP contribution >= 0.6 is 0 Å². The summed E-state index contributed by atoms with van der Waals surface area (Å²) in [6.45, 7) is 7.72. The number of rotatable bonds is 3. The molecular formula is C7H12NO. The molecule has 1 amide bonds. The summed E-state index contributed by atoms with van der Waals surface area (Å²) in [6, 6.07) is 0. The molecule has 0 aliphatic heterocycles. The maximum Gasteiger partial charge on any atom is 0.226 e. The summed E-state index contributed by atoms with van der Waals surface area (Å²) in [5, 5.41) is 0. The molecule has 0 spiro atoms. The maximum absolute atomic E-state index is 10.8. The fraction of sp³-hybridized carbons (Fsp3) is 0.571. The van der Waals surface area contributed by atoms with Crippen LogP contribution in [0.3, 0.4) is 0 Å². The van der Waals surface area contributed by atoms with E-state index in [2.05, 4.69) is 0 Å². The van der Waals surface area contributed by atoms with Gasteiger partial charge in [0.25, 0.3) is 0 Å². The summed E-state index contributed by atoms with van der Waals surface area (Å²) < 4.78 is 0. The Bertz CT molecular complexity index is 109. The van der Waals surface area contributed by atoms with E-state index in [1.165, 1.54) is 6.08 Å². The molecule has 0 fully saturated rings. The minimum Gasteiger partial charge on any atom is -0.346 e. The van der Waals surface area contributed by atoms with Crippen LogP contribution in [0.5, 0.6) is 0 Å². The second kappa shape index (κ2) is 4.13. The first kappa shape index (κ1) is 8.21. The SMILES string of the molecule is [CH]=CCC(=O)N(C)CC. The molecule has 0 unspecified atom stereocenters. The molecular weight excluding hydrogens is 114 g/mol. The standard InChI is InChI=1S/C7H12NO/c1-4-6-7(9)8(3)5-2/h1,4H,5-6H2,2-3H3. The van der Waals surface area contributed by atoms with E-state index in [0.717, 1.165) is 6.54 Å². The lowest BCUT2D eigenvalue weighted by Gasteiger charge is -2.11. The van der Waals surface area contributed by atoms with E-state index in [0.29, 0.717) is 6.42 Å². The molecule has 0 bridgehead atoms. The normalized spacial score (nSPS) is 8.67. The van der Waals surface area contributed by atoms with Gasteiger partial charge in [0.15, 0.2) is 0 Å². The quantitative estimate of drug-likeness (QED) is 0.549. The Morgan fingerprint density at radius 3 is 2.67 bits per heavy atom. The van der Waals surface area contributed by atoms with Crippen molar-refractivity contribution in [1.29, 1.82) is 0 Å². The molecule has 0 atom stereocenters. The molecule has 0 aromatic carbocycles. The molecule has 0 N–H and O–H groups in total. The van der Waals surface area contributed by atoms with Crippen LogP contribution < -0.4 is 0 Å². The molecule has 0 heterocycles. The van der Waals surface area contributed by atoms with Gasteiger partial charge in [-0.15, -0.1) is 0 Å². The van der Waals surface area contributed by atoms with E-state index in [1.54, 1.807) is 11.9 Å². The summed E-state index contributed by atoms with van der Waals surface area (Å²) >= 11 is 0. The molecule has 0 aromatic heterocycles. The zero-order chi connectivity index (χ0) is 7.28. The summed E-state index contributed by atoms with van der Waals surface area (Å²) in [6.07, 6.45) is 1.71. The number of amides is 1. The number of nitrogens with zero attached hydrogens (tertiary/aromatic N) is 1. The first-order valence-electron chi connectivity index (χ1n) is 2.99. The predicted octanol–water partition coefficient (Wildman–Crippen LogP) is 0.844. The third-order valence-electron chi connectivity index (χ3n) is 1.19. The topological polar surface area (TPSA) is 20.3 Å². The molecule has 9 heavy (non-hydrogen) atoms. The lowest BCUT2D eigenvalue weighted by molar-refractivity contribution is -0.128. The zero-order valence-electron chi connectivity index (χ0n) is 5.92. The van der Waals surface area contributed by atoms with Gasteiger partial charge in [0, 0.05) is 20.0 Å². The highest BCUT2D eigenvalue weighted by Gasteiger charge is 2.01. The summed E-state index contributed by atoms with van der Waals surface area (Å²) in [5.74, 6) is 0.0694.